The van der Waals surface area contributed by atoms with Gasteiger partial charge in [-0.25, -0.2) is 4.39 Å². The van der Waals surface area contributed by atoms with Gasteiger partial charge in [-0.3, -0.25) is 4.79 Å². The topological polar surface area (TPSA) is 98.0 Å². The van der Waals surface area contributed by atoms with E-state index in [1.54, 1.807) is 19.1 Å². The lowest BCUT2D eigenvalue weighted by molar-refractivity contribution is 0.0992. The number of carbonyl (C=O) groups excluding carboxylic acids is 1. The number of aromatic nitrogens is 1. The molecule has 0 unspecified atom stereocenters. The summed E-state index contributed by atoms with van der Waals surface area (Å²) in [6.45, 7) is 1.70. The average molecular weight is 363 g/mol. The number of carbonyl (C=O) groups is 1. The van der Waals surface area contributed by atoms with Crippen LogP contribution in [0.5, 0.6) is 11.6 Å². The maximum Gasteiger partial charge on any atom is 0.299 e. The first-order valence-corrected chi connectivity index (χ1v) is 8.12. The third-order valence-electron chi connectivity index (χ3n) is 4.29. The number of halogens is 1. The second kappa shape index (κ2) is 6.21. The summed E-state index contributed by atoms with van der Waals surface area (Å²) in [6, 6.07) is 13.2. The summed E-state index contributed by atoms with van der Waals surface area (Å²) in [7, 11) is 0. The van der Waals surface area contributed by atoms with Crippen molar-refractivity contribution in [3.63, 3.8) is 0 Å². The molecule has 1 heterocycles. The van der Waals surface area contributed by atoms with Crippen LogP contribution in [0.2, 0.25) is 0 Å². The lowest BCUT2D eigenvalue weighted by atomic mass is 10.1. The quantitative estimate of drug-likeness (QED) is 0.432. The molecule has 0 atom stereocenters. The van der Waals surface area contributed by atoms with Crippen molar-refractivity contribution < 1.29 is 19.4 Å². The van der Waals surface area contributed by atoms with Crippen LogP contribution in [0.15, 0.2) is 58.8 Å². The van der Waals surface area contributed by atoms with Gasteiger partial charge in [0.1, 0.15) is 11.6 Å². The number of amides is 1. The van der Waals surface area contributed by atoms with Crippen LogP contribution in [0.3, 0.4) is 0 Å². The minimum atomic E-state index is -0.778. The Morgan fingerprint density at radius 3 is 2.52 bits per heavy atom. The van der Waals surface area contributed by atoms with E-state index >= 15 is 0 Å². The Kier molecular flexibility index (Phi) is 3.84. The van der Waals surface area contributed by atoms with Gasteiger partial charge in [0.15, 0.2) is 5.69 Å². The lowest BCUT2D eigenvalue weighted by Gasteiger charge is -2.03. The van der Waals surface area contributed by atoms with E-state index in [4.69, 9.17) is 0 Å². The summed E-state index contributed by atoms with van der Waals surface area (Å²) in [5, 5.41) is 29.3. The Bertz CT molecular complexity index is 1240. The number of phenolic OH excluding ortho intramolecular Hbond substituents is 1. The van der Waals surface area contributed by atoms with Gasteiger partial charge >= 0.3 is 0 Å². The number of fused-ring (bicyclic) bond motifs is 2. The van der Waals surface area contributed by atoms with E-state index in [1.807, 2.05) is 18.2 Å². The fourth-order valence-corrected chi connectivity index (χ4v) is 3.01. The van der Waals surface area contributed by atoms with Gasteiger partial charge < -0.3 is 15.2 Å². The van der Waals surface area contributed by atoms with Crippen molar-refractivity contribution in [3.05, 3.63) is 65.5 Å². The molecule has 0 aliphatic carbocycles. The molecule has 134 valence electrons. The largest absolute Gasteiger partial charge is 0.507 e. The molecule has 0 saturated heterocycles. The van der Waals surface area contributed by atoms with Crippen molar-refractivity contribution in [2.45, 2.75) is 6.92 Å². The number of nitrogens with one attached hydrogen (secondary N) is 1. The molecule has 3 aromatic carbocycles. The van der Waals surface area contributed by atoms with Crippen molar-refractivity contribution in [2.24, 2.45) is 10.2 Å². The molecule has 0 aliphatic heterocycles. The van der Waals surface area contributed by atoms with E-state index in [9.17, 15) is 19.4 Å². The highest BCUT2D eigenvalue weighted by atomic mass is 19.1. The summed E-state index contributed by atoms with van der Waals surface area (Å²) in [5.41, 5.74) is 0.655. The molecule has 0 fully saturated rings. The molecule has 0 saturated carbocycles. The van der Waals surface area contributed by atoms with Crippen LogP contribution in [0.1, 0.15) is 15.9 Å². The normalized spacial score (nSPS) is 11.6. The molecule has 1 amide bonds. The second-order valence-electron chi connectivity index (χ2n) is 6.21. The highest BCUT2D eigenvalue weighted by Gasteiger charge is 2.16. The van der Waals surface area contributed by atoms with Gasteiger partial charge in [-0.1, -0.05) is 24.3 Å². The van der Waals surface area contributed by atoms with Crippen LogP contribution >= 0.6 is 0 Å². The van der Waals surface area contributed by atoms with Gasteiger partial charge in [-0.15, -0.1) is 10.2 Å². The van der Waals surface area contributed by atoms with Gasteiger partial charge in [0.05, 0.1) is 11.1 Å². The van der Waals surface area contributed by atoms with E-state index < -0.39 is 17.6 Å². The number of nitrogens with zero attached hydrogens (tertiary/aromatic N) is 2. The standard InChI is InChI=1S/C20H14FN3O3/c1-10-6-14-17(15(21)7-10)22-20(27)18(14)23-24-19(26)13-8-11-4-2-3-5-12(11)9-16(13)25/h2-9,22,25,27H,1H3. The Balaban J connectivity index is 1.75. The van der Waals surface area contributed by atoms with Gasteiger partial charge in [0, 0.05) is 5.39 Å². The molecular formula is C20H14FN3O3. The maximum atomic E-state index is 14.0. The summed E-state index contributed by atoms with van der Waals surface area (Å²) in [4.78, 5) is 14.9. The Hall–Kier alpha value is -3.74. The van der Waals surface area contributed by atoms with Crippen LogP contribution < -0.4 is 0 Å². The Morgan fingerprint density at radius 2 is 1.78 bits per heavy atom. The number of phenols is 1. The SMILES string of the molecule is Cc1cc(F)c2[nH]c(O)c(N=NC(=O)c3cc4ccccc4cc3O)c2c1. The van der Waals surface area contributed by atoms with Gasteiger partial charge in [-0.2, -0.15) is 0 Å². The zero-order valence-electron chi connectivity index (χ0n) is 14.2. The monoisotopic (exact) mass is 363 g/mol. The Morgan fingerprint density at radius 1 is 1.07 bits per heavy atom. The van der Waals surface area contributed by atoms with Gasteiger partial charge in [0.25, 0.3) is 5.91 Å². The molecule has 3 N–H and O–H groups in total. The van der Waals surface area contributed by atoms with Crippen LogP contribution in [-0.2, 0) is 0 Å². The fourth-order valence-electron chi connectivity index (χ4n) is 3.01. The number of aromatic amines is 1. The average Bonchev–Trinajstić information content (AvgIpc) is 2.95. The molecular weight excluding hydrogens is 349 g/mol. The van der Waals surface area contributed by atoms with Crippen molar-refractivity contribution >= 4 is 33.3 Å². The lowest BCUT2D eigenvalue weighted by Crippen LogP contribution is -1.94. The molecule has 0 spiro atoms. The van der Waals surface area contributed by atoms with Crippen LogP contribution in [0, 0.1) is 12.7 Å². The summed E-state index contributed by atoms with van der Waals surface area (Å²) in [6.07, 6.45) is 0. The number of aryl methyl sites for hydroxylation is 1. The van der Waals surface area contributed by atoms with Crippen LogP contribution in [0.4, 0.5) is 10.1 Å². The van der Waals surface area contributed by atoms with Gasteiger partial charge in [0.2, 0.25) is 5.88 Å². The van der Waals surface area contributed by atoms with E-state index in [0.29, 0.717) is 10.9 Å². The molecule has 6 nitrogen and oxygen atoms in total. The first-order valence-electron chi connectivity index (χ1n) is 8.12. The summed E-state index contributed by atoms with van der Waals surface area (Å²) < 4.78 is 14.0. The highest BCUT2D eigenvalue weighted by molar-refractivity contribution is 6.02. The number of hydrogen-bond acceptors (Lipinski definition) is 4. The van der Waals surface area contributed by atoms with E-state index in [1.165, 1.54) is 18.2 Å². The number of aromatic hydroxyl groups is 2. The number of rotatable bonds is 2. The smallest absolute Gasteiger partial charge is 0.299 e. The van der Waals surface area contributed by atoms with E-state index in [-0.39, 0.29) is 22.5 Å². The van der Waals surface area contributed by atoms with E-state index in [0.717, 1.165) is 10.8 Å². The molecule has 0 bridgehead atoms. The molecule has 27 heavy (non-hydrogen) atoms. The van der Waals surface area contributed by atoms with Crippen molar-refractivity contribution in [2.75, 3.05) is 0 Å². The molecule has 0 radical (unpaired) electrons. The zero-order chi connectivity index (χ0) is 19.1. The van der Waals surface area contributed by atoms with Crippen molar-refractivity contribution in [3.8, 4) is 11.6 Å². The van der Waals surface area contributed by atoms with Crippen molar-refractivity contribution in [1.82, 2.24) is 4.98 Å². The summed E-state index contributed by atoms with van der Waals surface area (Å²) >= 11 is 0. The number of benzene rings is 3. The Labute approximate surface area is 152 Å². The molecule has 7 heteroatoms. The second-order valence-corrected chi connectivity index (χ2v) is 6.21. The zero-order valence-corrected chi connectivity index (χ0v) is 14.2. The first-order chi connectivity index (χ1) is 12.9. The van der Waals surface area contributed by atoms with Crippen molar-refractivity contribution in [1.29, 1.82) is 0 Å². The minimum Gasteiger partial charge on any atom is -0.507 e. The number of azo groups is 1. The molecule has 4 rings (SSSR count). The van der Waals surface area contributed by atoms with Crippen LogP contribution in [0.25, 0.3) is 21.7 Å². The molecule has 1 aromatic heterocycles. The third-order valence-corrected chi connectivity index (χ3v) is 4.29. The first kappa shape index (κ1) is 16.7. The van der Waals surface area contributed by atoms with Crippen LogP contribution in [-0.4, -0.2) is 21.1 Å². The molecule has 4 aromatic rings. The maximum absolute atomic E-state index is 14.0. The predicted octanol–water partition coefficient (Wildman–Crippen LogP) is 5.10. The minimum absolute atomic E-state index is 0.0147. The number of H-pyrrole nitrogens is 1. The number of hydrogen-bond donors (Lipinski definition) is 3. The predicted molar refractivity (Wildman–Crippen MR) is 99.1 cm³/mol. The van der Waals surface area contributed by atoms with E-state index in [2.05, 4.69) is 15.2 Å². The molecule has 0 aliphatic rings. The third kappa shape index (κ3) is 2.89. The van der Waals surface area contributed by atoms with Gasteiger partial charge in [-0.05, 0) is 47.5 Å². The summed E-state index contributed by atoms with van der Waals surface area (Å²) in [5.74, 6) is -1.93. The highest BCUT2D eigenvalue weighted by Crippen LogP contribution is 2.37. The fraction of sp³-hybridized carbons (Fsp3) is 0.0500.